The van der Waals surface area contributed by atoms with Crippen LogP contribution in [0, 0.1) is 5.82 Å². The predicted molar refractivity (Wildman–Crippen MR) is 133 cm³/mol. The van der Waals surface area contributed by atoms with Crippen LogP contribution < -0.4 is 0 Å². The number of aromatic nitrogens is 3. The molecule has 0 bridgehead atoms. The number of rotatable bonds is 8. The predicted octanol–water partition coefficient (Wildman–Crippen LogP) is 5.52. The number of thioether (sulfide) groups is 1. The Bertz CT molecular complexity index is 1180. The number of aromatic amines is 1. The van der Waals surface area contributed by atoms with E-state index in [4.69, 9.17) is 9.72 Å². The molecule has 2 aromatic carbocycles. The zero-order valence-electron chi connectivity index (χ0n) is 18.9. The monoisotopic (exact) mass is 474 g/mol. The zero-order chi connectivity index (χ0) is 23.2. The quantitative estimate of drug-likeness (QED) is 0.341. The Morgan fingerprint density at radius 2 is 1.68 bits per heavy atom. The Labute approximate surface area is 203 Å². The van der Waals surface area contributed by atoms with Crippen molar-refractivity contribution < 1.29 is 9.13 Å². The summed E-state index contributed by atoms with van der Waals surface area (Å²) in [6.07, 6.45) is 4.35. The average Bonchev–Trinajstić information content (AvgIpc) is 3.33. The normalized spacial score (nSPS) is 15.3. The lowest BCUT2D eigenvalue weighted by atomic mass is 9.98. The van der Waals surface area contributed by atoms with Gasteiger partial charge in [-0.2, -0.15) is 0 Å². The van der Waals surface area contributed by atoms with E-state index >= 15 is 0 Å². The summed E-state index contributed by atoms with van der Waals surface area (Å²) in [4.78, 5) is 15.3. The summed E-state index contributed by atoms with van der Waals surface area (Å²) in [5, 5.41) is 0.892. The van der Waals surface area contributed by atoms with Gasteiger partial charge in [0.05, 0.1) is 30.6 Å². The summed E-state index contributed by atoms with van der Waals surface area (Å²) < 4.78 is 19.2. The van der Waals surface area contributed by atoms with E-state index in [0.717, 1.165) is 52.9 Å². The standard InChI is InChI=1S/C27H27FN4OS/c28-23-8-6-20(7-9-23)18-24(32-14-16-33-17-15-32)26-25(22-10-12-29-13-11-22)30-27(31-26)34-19-21-4-2-1-3-5-21/h1-13,24H,14-19H2,(H,30,31). The van der Waals surface area contributed by atoms with E-state index in [2.05, 4.69) is 39.1 Å². The highest BCUT2D eigenvalue weighted by atomic mass is 32.2. The number of H-pyrrole nitrogens is 1. The Kier molecular flexibility index (Phi) is 7.34. The molecule has 5 rings (SSSR count). The summed E-state index contributed by atoms with van der Waals surface area (Å²) in [5.74, 6) is 0.618. The lowest BCUT2D eigenvalue weighted by Gasteiger charge is -2.34. The first-order valence-electron chi connectivity index (χ1n) is 11.5. The van der Waals surface area contributed by atoms with Crippen molar-refractivity contribution in [3.63, 3.8) is 0 Å². The summed E-state index contributed by atoms with van der Waals surface area (Å²) in [7, 11) is 0. The maximum atomic E-state index is 13.6. The number of halogens is 1. The largest absolute Gasteiger partial charge is 0.379 e. The van der Waals surface area contributed by atoms with Crippen LogP contribution in [0.15, 0.2) is 84.3 Å². The minimum atomic E-state index is -0.219. The van der Waals surface area contributed by atoms with E-state index in [1.54, 1.807) is 24.2 Å². The molecular formula is C27H27FN4OS. The molecule has 1 unspecified atom stereocenters. The maximum absolute atomic E-state index is 13.6. The summed E-state index contributed by atoms with van der Waals surface area (Å²) in [6, 6.07) is 21.3. The van der Waals surface area contributed by atoms with Crippen LogP contribution in [0.4, 0.5) is 4.39 Å². The van der Waals surface area contributed by atoms with Gasteiger partial charge in [0.2, 0.25) is 0 Å². The van der Waals surface area contributed by atoms with Crippen LogP contribution in [-0.4, -0.2) is 46.2 Å². The van der Waals surface area contributed by atoms with Gasteiger partial charge in [-0.3, -0.25) is 9.88 Å². The summed E-state index contributed by atoms with van der Waals surface area (Å²) in [5.41, 5.74) is 5.41. The Hall–Kier alpha value is -3.00. The molecule has 0 aliphatic carbocycles. The van der Waals surface area contributed by atoms with Crippen molar-refractivity contribution in [2.24, 2.45) is 0 Å². The maximum Gasteiger partial charge on any atom is 0.166 e. The molecule has 1 saturated heterocycles. The van der Waals surface area contributed by atoms with Crippen LogP contribution in [0.2, 0.25) is 0 Å². The second kappa shape index (κ2) is 11.0. The number of hydrogen-bond donors (Lipinski definition) is 1. The number of hydrogen-bond acceptors (Lipinski definition) is 5. The van der Waals surface area contributed by atoms with Crippen LogP contribution in [0.25, 0.3) is 11.3 Å². The van der Waals surface area contributed by atoms with E-state index in [9.17, 15) is 4.39 Å². The number of benzene rings is 2. The van der Waals surface area contributed by atoms with E-state index in [1.807, 2.05) is 30.3 Å². The van der Waals surface area contributed by atoms with Gasteiger partial charge in [0.15, 0.2) is 5.16 Å². The smallest absolute Gasteiger partial charge is 0.166 e. The van der Waals surface area contributed by atoms with Crippen LogP contribution in [-0.2, 0) is 16.9 Å². The molecule has 0 radical (unpaired) electrons. The van der Waals surface area contributed by atoms with Gasteiger partial charge in [0.1, 0.15) is 5.82 Å². The molecule has 3 heterocycles. The number of imidazole rings is 1. The molecule has 0 spiro atoms. The van der Waals surface area contributed by atoms with E-state index < -0.39 is 0 Å². The third kappa shape index (κ3) is 5.55. The van der Waals surface area contributed by atoms with Gasteiger partial charge in [0.25, 0.3) is 0 Å². The third-order valence-electron chi connectivity index (χ3n) is 6.04. The van der Waals surface area contributed by atoms with Crippen LogP contribution >= 0.6 is 11.8 Å². The minimum Gasteiger partial charge on any atom is -0.379 e. The van der Waals surface area contributed by atoms with Crippen molar-refractivity contribution in [3.8, 4) is 11.3 Å². The van der Waals surface area contributed by atoms with E-state index in [-0.39, 0.29) is 11.9 Å². The second-order valence-electron chi connectivity index (χ2n) is 8.31. The lowest BCUT2D eigenvalue weighted by molar-refractivity contribution is 0.0153. The third-order valence-corrected chi connectivity index (χ3v) is 6.99. The fourth-order valence-electron chi connectivity index (χ4n) is 4.27. The van der Waals surface area contributed by atoms with Gasteiger partial charge < -0.3 is 9.72 Å². The first-order valence-corrected chi connectivity index (χ1v) is 12.5. The number of pyridine rings is 1. The molecule has 7 heteroatoms. The average molecular weight is 475 g/mol. The molecule has 4 aromatic rings. The summed E-state index contributed by atoms with van der Waals surface area (Å²) in [6.45, 7) is 3.07. The van der Waals surface area contributed by atoms with Gasteiger partial charge in [-0.25, -0.2) is 9.37 Å². The molecule has 1 aliphatic heterocycles. The van der Waals surface area contributed by atoms with Crippen molar-refractivity contribution in [2.45, 2.75) is 23.4 Å². The SMILES string of the molecule is Fc1ccc(CC(c2nc(SCc3ccccc3)[nH]c2-c2ccncc2)N2CCOCC2)cc1. The highest BCUT2D eigenvalue weighted by Gasteiger charge is 2.28. The minimum absolute atomic E-state index is 0.0415. The molecule has 34 heavy (non-hydrogen) atoms. The Morgan fingerprint density at radius 3 is 2.41 bits per heavy atom. The van der Waals surface area contributed by atoms with Crippen molar-refractivity contribution in [1.82, 2.24) is 19.9 Å². The summed E-state index contributed by atoms with van der Waals surface area (Å²) >= 11 is 1.70. The molecule has 174 valence electrons. The van der Waals surface area contributed by atoms with E-state index in [1.165, 1.54) is 17.7 Å². The van der Waals surface area contributed by atoms with E-state index in [0.29, 0.717) is 13.2 Å². The fourth-order valence-corrected chi connectivity index (χ4v) is 5.10. The number of nitrogens with zero attached hydrogens (tertiary/aromatic N) is 3. The molecule has 1 atom stereocenters. The van der Waals surface area contributed by atoms with Crippen LogP contribution in [0.3, 0.4) is 0 Å². The van der Waals surface area contributed by atoms with Crippen molar-refractivity contribution in [3.05, 3.63) is 102 Å². The van der Waals surface area contributed by atoms with Gasteiger partial charge >= 0.3 is 0 Å². The molecule has 0 amide bonds. The van der Waals surface area contributed by atoms with Gasteiger partial charge in [-0.15, -0.1) is 0 Å². The first kappa shape index (κ1) is 22.8. The highest BCUT2D eigenvalue weighted by Crippen LogP contribution is 2.35. The van der Waals surface area contributed by atoms with Gasteiger partial charge in [-0.05, 0) is 41.8 Å². The molecular weight excluding hydrogens is 447 g/mol. The van der Waals surface area contributed by atoms with Crippen molar-refractivity contribution in [2.75, 3.05) is 26.3 Å². The number of ether oxygens (including phenoxy) is 1. The molecule has 5 nitrogen and oxygen atoms in total. The highest BCUT2D eigenvalue weighted by molar-refractivity contribution is 7.98. The van der Waals surface area contributed by atoms with Crippen molar-refractivity contribution >= 4 is 11.8 Å². The molecule has 1 N–H and O–H groups in total. The Balaban J connectivity index is 1.51. The Morgan fingerprint density at radius 1 is 0.941 bits per heavy atom. The number of morpholine rings is 1. The fraction of sp³-hybridized carbons (Fsp3) is 0.259. The lowest BCUT2D eigenvalue weighted by Crippen LogP contribution is -2.40. The van der Waals surface area contributed by atoms with Crippen LogP contribution in [0.1, 0.15) is 22.9 Å². The van der Waals surface area contributed by atoms with Crippen molar-refractivity contribution in [1.29, 1.82) is 0 Å². The van der Waals surface area contributed by atoms with Gasteiger partial charge in [0, 0.05) is 36.8 Å². The van der Waals surface area contributed by atoms with Crippen LogP contribution in [0.5, 0.6) is 0 Å². The molecule has 1 aliphatic rings. The molecule has 2 aromatic heterocycles. The second-order valence-corrected chi connectivity index (χ2v) is 9.27. The topological polar surface area (TPSA) is 54.0 Å². The molecule has 0 saturated carbocycles. The number of nitrogens with one attached hydrogen (secondary N) is 1. The zero-order valence-corrected chi connectivity index (χ0v) is 19.7. The van der Waals surface area contributed by atoms with Gasteiger partial charge in [-0.1, -0.05) is 54.2 Å². The first-order chi connectivity index (χ1) is 16.8. The molecule has 1 fully saturated rings.